The van der Waals surface area contributed by atoms with Gasteiger partial charge in [0.05, 0.1) is 7.11 Å². The van der Waals surface area contributed by atoms with E-state index in [4.69, 9.17) is 16.3 Å². The molecule has 0 aliphatic carbocycles. The van der Waals surface area contributed by atoms with Gasteiger partial charge in [0, 0.05) is 16.5 Å². The number of benzene rings is 2. The highest BCUT2D eigenvalue weighted by molar-refractivity contribution is 6.31. The second-order valence-corrected chi connectivity index (χ2v) is 4.69. The molecule has 0 saturated carbocycles. The van der Waals surface area contributed by atoms with E-state index in [9.17, 15) is 4.79 Å². The zero-order valence-electron chi connectivity index (χ0n) is 10.7. The van der Waals surface area contributed by atoms with Crippen molar-refractivity contribution in [3.63, 3.8) is 0 Å². The minimum atomic E-state index is -0.254. The van der Waals surface area contributed by atoms with Crippen molar-refractivity contribution in [2.75, 3.05) is 7.11 Å². The fourth-order valence-corrected chi connectivity index (χ4v) is 2.32. The number of aldehydes is 1. The molecular formula is C16H15ClO2. The first-order valence-corrected chi connectivity index (χ1v) is 6.45. The molecule has 0 spiro atoms. The van der Waals surface area contributed by atoms with E-state index in [0.29, 0.717) is 11.4 Å². The third kappa shape index (κ3) is 3.15. The van der Waals surface area contributed by atoms with Crippen LogP contribution in [0.2, 0.25) is 5.02 Å². The van der Waals surface area contributed by atoms with Crippen LogP contribution in [0.4, 0.5) is 0 Å². The Kier molecular flexibility index (Phi) is 4.58. The summed E-state index contributed by atoms with van der Waals surface area (Å²) in [5.41, 5.74) is 1.85. The van der Waals surface area contributed by atoms with Crippen LogP contribution in [-0.4, -0.2) is 13.4 Å². The molecule has 0 aliphatic heterocycles. The van der Waals surface area contributed by atoms with Crippen molar-refractivity contribution >= 4 is 17.9 Å². The topological polar surface area (TPSA) is 26.3 Å². The van der Waals surface area contributed by atoms with Crippen molar-refractivity contribution in [1.29, 1.82) is 0 Å². The fraction of sp³-hybridized carbons (Fsp3) is 0.188. The van der Waals surface area contributed by atoms with Crippen LogP contribution >= 0.6 is 11.6 Å². The van der Waals surface area contributed by atoms with Gasteiger partial charge >= 0.3 is 0 Å². The number of hydrogen-bond acceptors (Lipinski definition) is 2. The van der Waals surface area contributed by atoms with Crippen molar-refractivity contribution in [3.05, 3.63) is 64.7 Å². The number of hydrogen-bond donors (Lipinski definition) is 0. The van der Waals surface area contributed by atoms with Crippen LogP contribution in [0.3, 0.4) is 0 Å². The van der Waals surface area contributed by atoms with Gasteiger partial charge in [-0.2, -0.15) is 0 Å². The zero-order valence-corrected chi connectivity index (χ0v) is 11.4. The van der Waals surface area contributed by atoms with Crippen molar-refractivity contribution in [3.8, 4) is 5.75 Å². The van der Waals surface area contributed by atoms with Gasteiger partial charge in [-0.25, -0.2) is 0 Å². The molecular weight excluding hydrogens is 260 g/mol. The molecule has 1 atom stereocenters. The van der Waals surface area contributed by atoms with Gasteiger partial charge < -0.3 is 9.53 Å². The molecule has 98 valence electrons. The molecule has 0 aromatic heterocycles. The summed E-state index contributed by atoms with van der Waals surface area (Å²) >= 11 is 6.14. The predicted octanol–water partition coefficient (Wildman–Crippen LogP) is 3.87. The average molecular weight is 275 g/mol. The molecule has 1 unspecified atom stereocenters. The number of para-hydroxylation sites is 1. The smallest absolute Gasteiger partial charge is 0.127 e. The Morgan fingerprint density at radius 1 is 1.16 bits per heavy atom. The molecule has 19 heavy (non-hydrogen) atoms. The van der Waals surface area contributed by atoms with Gasteiger partial charge in [-0.05, 0) is 24.1 Å². The number of rotatable bonds is 5. The molecule has 0 bridgehead atoms. The maximum atomic E-state index is 11.4. The van der Waals surface area contributed by atoms with Crippen LogP contribution in [0.5, 0.6) is 5.75 Å². The molecule has 0 saturated heterocycles. The Hall–Kier alpha value is -1.80. The number of methoxy groups -OCH3 is 1. The lowest BCUT2D eigenvalue weighted by Gasteiger charge is -2.15. The largest absolute Gasteiger partial charge is 0.496 e. The van der Waals surface area contributed by atoms with E-state index in [-0.39, 0.29) is 5.92 Å². The summed E-state index contributed by atoms with van der Waals surface area (Å²) in [6.07, 6.45) is 1.52. The highest BCUT2D eigenvalue weighted by Gasteiger charge is 2.16. The minimum Gasteiger partial charge on any atom is -0.496 e. The second kappa shape index (κ2) is 6.39. The first kappa shape index (κ1) is 13.6. The van der Waals surface area contributed by atoms with E-state index in [2.05, 4.69) is 0 Å². The molecule has 0 heterocycles. The van der Waals surface area contributed by atoms with E-state index in [1.54, 1.807) is 7.11 Å². The molecule has 3 heteroatoms. The van der Waals surface area contributed by atoms with Crippen LogP contribution < -0.4 is 4.74 Å². The summed E-state index contributed by atoms with van der Waals surface area (Å²) in [6, 6.07) is 15.1. The molecule has 2 aromatic carbocycles. The van der Waals surface area contributed by atoms with E-state index in [1.165, 1.54) is 0 Å². The fourth-order valence-electron chi connectivity index (χ4n) is 2.10. The summed E-state index contributed by atoms with van der Waals surface area (Å²) in [4.78, 5) is 11.4. The summed E-state index contributed by atoms with van der Waals surface area (Å²) < 4.78 is 5.30. The van der Waals surface area contributed by atoms with Gasteiger partial charge in [0.1, 0.15) is 12.0 Å². The van der Waals surface area contributed by atoms with Gasteiger partial charge in [0.15, 0.2) is 0 Å². The Morgan fingerprint density at radius 2 is 1.84 bits per heavy atom. The molecule has 2 nitrogen and oxygen atoms in total. The molecule has 0 N–H and O–H groups in total. The molecule has 0 aliphatic rings. The Labute approximate surface area is 118 Å². The first-order chi connectivity index (χ1) is 9.26. The molecule has 2 rings (SSSR count). The highest BCUT2D eigenvalue weighted by atomic mass is 35.5. The van der Waals surface area contributed by atoms with Crippen LogP contribution in [0.1, 0.15) is 17.0 Å². The van der Waals surface area contributed by atoms with Crippen molar-refractivity contribution < 1.29 is 9.53 Å². The van der Waals surface area contributed by atoms with Crippen LogP contribution in [0.15, 0.2) is 48.5 Å². The Bertz CT molecular complexity index is 566. The normalized spacial score (nSPS) is 11.9. The van der Waals surface area contributed by atoms with E-state index >= 15 is 0 Å². The van der Waals surface area contributed by atoms with Crippen LogP contribution in [0, 0.1) is 0 Å². The van der Waals surface area contributed by atoms with Gasteiger partial charge in [-0.3, -0.25) is 0 Å². The van der Waals surface area contributed by atoms with E-state index in [1.807, 2.05) is 48.5 Å². The molecule has 0 amide bonds. The predicted molar refractivity (Wildman–Crippen MR) is 77.0 cm³/mol. The van der Waals surface area contributed by atoms with Crippen molar-refractivity contribution in [2.24, 2.45) is 0 Å². The number of carbonyl (C=O) groups is 1. The number of ether oxygens (including phenoxy) is 1. The highest BCUT2D eigenvalue weighted by Crippen LogP contribution is 2.29. The van der Waals surface area contributed by atoms with Gasteiger partial charge in [-0.1, -0.05) is 48.0 Å². The van der Waals surface area contributed by atoms with Crippen molar-refractivity contribution in [1.82, 2.24) is 0 Å². The van der Waals surface area contributed by atoms with E-state index in [0.717, 1.165) is 23.2 Å². The first-order valence-electron chi connectivity index (χ1n) is 6.08. The zero-order chi connectivity index (χ0) is 13.7. The third-order valence-corrected chi connectivity index (χ3v) is 3.47. The second-order valence-electron chi connectivity index (χ2n) is 4.28. The van der Waals surface area contributed by atoms with Crippen LogP contribution in [-0.2, 0) is 11.2 Å². The number of carbonyl (C=O) groups excluding carboxylic acids is 1. The van der Waals surface area contributed by atoms with Gasteiger partial charge in [0.2, 0.25) is 0 Å². The maximum absolute atomic E-state index is 11.4. The number of halogens is 1. The average Bonchev–Trinajstić information content (AvgIpc) is 2.46. The van der Waals surface area contributed by atoms with Gasteiger partial charge in [0.25, 0.3) is 0 Å². The maximum Gasteiger partial charge on any atom is 0.127 e. The summed E-state index contributed by atoms with van der Waals surface area (Å²) in [6.45, 7) is 0. The quantitative estimate of drug-likeness (QED) is 0.774. The summed E-state index contributed by atoms with van der Waals surface area (Å²) in [5.74, 6) is 0.475. The Morgan fingerprint density at radius 3 is 2.53 bits per heavy atom. The Balaban J connectivity index is 2.31. The molecule has 0 fully saturated rings. The SMILES string of the molecule is COc1ccccc1C(C=O)Cc1ccccc1Cl. The lowest BCUT2D eigenvalue weighted by molar-refractivity contribution is -0.109. The lowest BCUT2D eigenvalue weighted by Crippen LogP contribution is -2.06. The van der Waals surface area contributed by atoms with Gasteiger partial charge in [-0.15, -0.1) is 0 Å². The lowest BCUT2D eigenvalue weighted by atomic mass is 9.92. The van der Waals surface area contributed by atoms with Crippen LogP contribution in [0.25, 0.3) is 0 Å². The standard InChI is InChI=1S/C16H15ClO2/c1-19-16-9-5-3-7-14(16)13(11-18)10-12-6-2-4-8-15(12)17/h2-9,11,13H,10H2,1H3. The monoisotopic (exact) mass is 274 g/mol. The molecule has 2 aromatic rings. The van der Waals surface area contributed by atoms with Crippen molar-refractivity contribution in [2.45, 2.75) is 12.3 Å². The molecule has 0 radical (unpaired) electrons. The summed E-state index contributed by atoms with van der Waals surface area (Å²) in [5, 5.41) is 0.684. The minimum absolute atomic E-state index is 0.254. The third-order valence-electron chi connectivity index (χ3n) is 3.10. The van der Waals surface area contributed by atoms with E-state index < -0.39 is 0 Å². The summed E-state index contributed by atoms with van der Waals surface area (Å²) in [7, 11) is 1.61.